The van der Waals surface area contributed by atoms with Crippen LogP contribution >= 0.6 is 11.6 Å². The van der Waals surface area contributed by atoms with Crippen LogP contribution in [-0.2, 0) is 9.59 Å². The van der Waals surface area contributed by atoms with Gasteiger partial charge in [-0.05, 0) is 36.4 Å². The van der Waals surface area contributed by atoms with Crippen molar-refractivity contribution in [1.29, 1.82) is 0 Å². The number of benzene rings is 2. The zero-order chi connectivity index (χ0) is 17.4. The number of para-hydroxylation sites is 1. The molecule has 0 spiro atoms. The van der Waals surface area contributed by atoms with Crippen LogP contribution in [0.25, 0.3) is 0 Å². The minimum Gasteiger partial charge on any atom is -0.484 e. The lowest BCUT2D eigenvalue weighted by Crippen LogP contribution is -2.45. The van der Waals surface area contributed by atoms with Gasteiger partial charge in [-0.1, -0.05) is 23.7 Å². The molecule has 0 radical (unpaired) electrons. The second-order valence-electron chi connectivity index (χ2n) is 4.56. The van der Waals surface area contributed by atoms with Crippen LogP contribution in [0.15, 0.2) is 48.5 Å². The molecule has 126 valence electrons. The van der Waals surface area contributed by atoms with Crippen molar-refractivity contribution in [1.82, 2.24) is 10.9 Å². The molecule has 0 aliphatic rings. The highest BCUT2D eigenvalue weighted by Crippen LogP contribution is 2.15. The average molecular weight is 353 g/mol. The second kappa shape index (κ2) is 8.73. The molecule has 0 saturated carbocycles. The van der Waals surface area contributed by atoms with Gasteiger partial charge in [-0.15, -0.1) is 0 Å². The maximum Gasteiger partial charge on any atom is 0.276 e. The van der Waals surface area contributed by atoms with Gasteiger partial charge in [0.25, 0.3) is 11.8 Å². The lowest BCUT2D eigenvalue weighted by molar-refractivity contribution is -0.131. The van der Waals surface area contributed by atoms with E-state index in [0.29, 0.717) is 10.8 Å². The Kier molecular flexibility index (Phi) is 6.39. The van der Waals surface area contributed by atoms with Crippen molar-refractivity contribution in [2.45, 2.75) is 0 Å². The van der Waals surface area contributed by atoms with Gasteiger partial charge in [-0.3, -0.25) is 20.4 Å². The molecular formula is C16H14ClFN2O4. The van der Waals surface area contributed by atoms with Crippen LogP contribution in [0.3, 0.4) is 0 Å². The van der Waals surface area contributed by atoms with E-state index in [0.717, 1.165) is 0 Å². The highest BCUT2D eigenvalue weighted by molar-refractivity contribution is 6.30. The van der Waals surface area contributed by atoms with E-state index < -0.39 is 24.2 Å². The first-order chi connectivity index (χ1) is 11.5. The fourth-order valence-corrected chi connectivity index (χ4v) is 1.72. The first-order valence-electron chi connectivity index (χ1n) is 6.88. The molecule has 8 heteroatoms. The summed E-state index contributed by atoms with van der Waals surface area (Å²) in [6.45, 7) is -0.741. The van der Waals surface area contributed by atoms with E-state index in [4.69, 9.17) is 21.1 Å². The molecule has 6 nitrogen and oxygen atoms in total. The summed E-state index contributed by atoms with van der Waals surface area (Å²) in [7, 11) is 0. The Bertz CT molecular complexity index is 709. The van der Waals surface area contributed by atoms with E-state index in [-0.39, 0.29) is 12.4 Å². The Morgan fingerprint density at radius 2 is 1.50 bits per heavy atom. The number of amides is 2. The molecule has 0 bridgehead atoms. The summed E-state index contributed by atoms with van der Waals surface area (Å²) in [6.07, 6.45) is 0. The smallest absolute Gasteiger partial charge is 0.276 e. The van der Waals surface area contributed by atoms with E-state index >= 15 is 0 Å². The monoisotopic (exact) mass is 352 g/mol. The van der Waals surface area contributed by atoms with Crippen molar-refractivity contribution in [2.75, 3.05) is 13.2 Å². The van der Waals surface area contributed by atoms with Crippen molar-refractivity contribution >= 4 is 23.4 Å². The van der Waals surface area contributed by atoms with Crippen LogP contribution in [0.5, 0.6) is 11.5 Å². The highest BCUT2D eigenvalue weighted by atomic mass is 35.5. The summed E-state index contributed by atoms with van der Waals surface area (Å²) in [5.41, 5.74) is 4.28. The molecule has 0 heterocycles. The van der Waals surface area contributed by atoms with Crippen LogP contribution in [-0.4, -0.2) is 25.0 Å². The Morgan fingerprint density at radius 1 is 0.917 bits per heavy atom. The third-order valence-electron chi connectivity index (χ3n) is 2.72. The first kappa shape index (κ1) is 17.6. The van der Waals surface area contributed by atoms with Gasteiger partial charge in [0.1, 0.15) is 5.75 Å². The topological polar surface area (TPSA) is 76.7 Å². The Morgan fingerprint density at radius 3 is 2.12 bits per heavy atom. The maximum atomic E-state index is 13.3. The van der Waals surface area contributed by atoms with E-state index in [1.807, 2.05) is 0 Å². The molecule has 0 unspecified atom stereocenters. The van der Waals surface area contributed by atoms with Crippen LogP contribution in [0.1, 0.15) is 0 Å². The van der Waals surface area contributed by atoms with E-state index in [9.17, 15) is 14.0 Å². The van der Waals surface area contributed by atoms with Crippen LogP contribution in [0, 0.1) is 5.82 Å². The van der Waals surface area contributed by atoms with Gasteiger partial charge >= 0.3 is 0 Å². The van der Waals surface area contributed by atoms with Crippen molar-refractivity contribution in [3.8, 4) is 11.5 Å². The zero-order valence-electron chi connectivity index (χ0n) is 12.4. The molecule has 0 aliphatic heterocycles. The first-order valence-corrected chi connectivity index (χ1v) is 7.26. The standard InChI is InChI=1S/C16H14ClFN2O4/c17-11-5-7-12(8-6-11)23-9-15(21)19-20-16(22)10-24-14-4-2-1-3-13(14)18/h1-8H,9-10H2,(H,19,21)(H,20,22). The number of halogens is 2. The number of carbonyl (C=O) groups is 2. The van der Waals surface area contributed by atoms with Crippen LogP contribution < -0.4 is 20.3 Å². The number of rotatable bonds is 6. The minimum absolute atomic E-state index is 0.0509. The minimum atomic E-state index is -0.641. The third-order valence-corrected chi connectivity index (χ3v) is 2.97. The van der Waals surface area contributed by atoms with Gasteiger partial charge in [-0.25, -0.2) is 4.39 Å². The van der Waals surface area contributed by atoms with Gasteiger partial charge in [0.2, 0.25) is 0 Å². The lowest BCUT2D eigenvalue weighted by Gasteiger charge is -2.10. The van der Waals surface area contributed by atoms with E-state index in [1.54, 1.807) is 30.3 Å². The van der Waals surface area contributed by atoms with Crippen molar-refractivity contribution in [3.63, 3.8) is 0 Å². The Labute approximate surface area is 142 Å². The van der Waals surface area contributed by atoms with Crippen LogP contribution in [0.4, 0.5) is 4.39 Å². The molecule has 0 aliphatic carbocycles. The van der Waals surface area contributed by atoms with Crippen molar-refractivity contribution < 1.29 is 23.5 Å². The molecule has 2 rings (SSSR count). The third kappa shape index (κ3) is 5.77. The molecule has 2 N–H and O–H groups in total. The Hall–Kier alpha value is -2.80. The molecule has 2 aromatic rings. The lowest BCUT2D eigenvalue weighted by atomic mass is 10.3. The number of hydrazine groups is 1. The van der Waals surface area contributed by atoms with Gasteiger partial charge in [0.15, 0.2) is 24.8 Å². The number of ether oxygens (including phenoxy) is 2. The molecule has 0 atom stereocenters. The predicted octanol–water partition coefficient (Wildman–Crippen LogP) is 2.08. The molecule has 0 aromatic heterocycles. The summed E-state index contributed by atoms with van der Waals surface area (Å²) < 4.78 is 23.5. The summed E-state index contributed by atoms with van der Waals surface area (Å²) >= 11 is 5.73. The summed E-state index contributed by atoms with van der Waals surface area (Å²) in [4.78, 5) is 23.1. The highest BCUT2D eigenvalue weighted by Gasteiger charge is 2.08. The molecule has 2 amide bonds. The van der Waals surface area contributed by atoms with E-state index in [1.165, 1.54) is 18.2 Å². The summed E-state index contributed by atoms with van der Waals surface area (Å²) in [5, 5.41) is 0.550. The molecule has 24 heavy (non-hydrogen) atoms. The average Bonchev–Trinajstić information content (AvgIpc) is 2.58. The SMILES string of the molecule is O=C(COc1ccc(Cl)cc1)NNC(=O)COc1ccccc1F. The summed E-state index contributed by atoms with van der Waals surface area (Å²) in [5.74, 6) is -1.37. The van der Waals surface area contributed by atoms with Gasteiger partial charge < -0.3 is 9.47 Å². The van der Waals surface area contributed by atoms with Gasteiger partial charge in [0.05, 0.1) is 0 Å². The molecule has 0 fully saturated rings. The fourth-order valence-electron chi connectivity index (χ4n) is 1.60. The number of carbonyl (C=O) groups excluding carboxylic acids is 2. The largest absolute Gasteiger partial charge is 0.484 e. The van der Waals surface area contributed by atoms with E-state index in [2.05, 4.69) is 10.9 Å². The van der Waals surface area contributed by atoms with Gasteiger partial charge in [0, 0.05) is 5.02 Å². The normalized spacial score (nSPS) is 9.92. The fraction of sp³-hybridized carbons (Fsp3) is 0.125. The molecular weight excluding hydrogens is 339 g/mol. The maximum absolute atomic E-state index is 13.3. The predicted molar refractivity (Wildman–Crippen MR) is 85.1 cm³/mol. The Balaban J connectivity index is 1.66. The quantitative estimate of drug-likeness (QED) is 0.780. The zero-order valence-corrected chi connectivity index (χ0v) is 13.2. The molecule has 2 aromatic carbocycles. The molecule has 0 saturated heterocycles. The van der Waals surface area contributed by atoms with Crippen LogP contribution in [0.2, 0.25) is 5.02 Å². The second-order valence-corrected chi connectivity index (χ2v) is 4.99. The number of hydrogen-bond acceptors (Lipinski definition) is 4. The van der Waals surface area contributed by atoms with Gasteiger partial charge in [-0.2, -0.15) is 0 Å². The van der Waals surface area contributed by atoms with Crippen molar-refractivity contribution in [3.05, 3.63) is 59.4 Å². The van der Waals surface area contributed by atoms with Crippen molar-refractivity contribution in [2.24, 2.45) is 0 Å². The number of hydrogen-bond donors (Lipinski definition) is 2. The summed E-state index contributed by atoms with van der Waals surface area (Å²) in [6, 6.07) is 12.1. The number of nitrogens with one attached hydrogen (secondary N) is 2.